The van der Waals surface area contributed by atoms with Crippen LogP contribution in [0.1, 0.15) is 56.6 Å². The predicted molar refractivity (Wildman–Crippen MR) is 113 cm³/mol. The molecular formula is C23H30N4O2. The van der Waals surface area contributed by atoms with Crippen molar-refractivity contribution in [3.8, 4) is 5.75 Å². The topological polar surface area (TPSA) is 67.3 Å². The lowest BCUT2D eigenvalue weighted by atomic mass is 9.87. The van der Waals surface area contributed by atoms with Crippen LogP contribution >= 0.6 is 0 Å². The largest absolute Gasteiger partial charge is 0.497 e. The lowest BCUT2D eigenvalue weighted by Gasteiger charge is -2.35. The van der Waals surface area contributed by atoms with Gasteiger partial charge in [-0.1, -0.05) is 19.3 Å². The first-order valence-electron chi connectivity index (χ1n) is 10.8. The molecule has 2 fully saturated rings. The van der Waals surface area contributed by atoms with E-state index in [1.54, 1.807) is 13.3 Å². The van der Waals surface area contributed by atoms with Gasteiger partial charge < -0.3 is 15.0 Å². The van der Waals surface area contributed by atoms with Crippen molar-refractivity contribution in [1.82, 2.24) is 14.9 Å². The fourth-order valence-corrected chi connectivity index (χ4v) is 4.49. The van der Waals surface area contributed by atoms with Gasteiger partial charge in [-0.25, -0.2) is 9.97 Å². The van der Waals surface area contributed by atoms with E-state index in [1.807, 2.05) is 30.3 Å². The fourth-order valence-electron chi connectivity index (χ4n) is 4.49. The van der Waals surface area contributed by atoms with E-state index in [0.717, 1.165) is 55.9 Å². The van der Waals surface area contributed by atoms with Crippen LogP contribution in [0.5, 0.6) is 5.75 Å². The smallest absolute Gasteiger partial charge is 0.227 e. The van der Waals surface area contributed by atoms with Gasteiger partial charge in [0.25, 0.3) is 0 Å². The van der Waals surface area contributed by atoms with Crippen molar-refractivity contribution in [1.29, 1.82) is 0 Å². The van der Waals surface area contributed by atoms with E-state index < -0.39 is 0 Å². The van der Waals surface area contributed by atoms with E-state index in [1.165, 1.54) is 19.3 Å². The van der Waals surface area contributed by atoms with Crippen LogP contribution in [-0.4, -0.2) is 41.0 Å². The zero-order chi connectivity index (χ0) is 20.1. The van der Waals surface area contributed by atoms with Crippen molar-refractivity contribution < 1.29 is 9.53 Å². The van der Waals surface area contributed by atoms with Crippen LogP contribution in [0.25, 0.3) is 0 Å². The van der Waals surface area contributed by atoms with Gasteiger partial charge >= 0.3 is 0 Å². The number of benzene rings is 1. The highest BCUT2D eigenvalue weighted by Gasteiger charge is 2.30. The molecule has 0 bridgehead atoms. The molecule has 1 saturated heterocycles. The molecule has 1 N–H and O–H groups in total. The van der Waals surface area contributed by atoms with Gasteiger partial charge in [0.05, 0.1) is 12.8 Å². The van der Waals surface area contributed by atoms with Gasteiger partial charge in [-0.2, -0.15) is 0 Å². The van der Waals surface area contributed by atoms with E-state index >= 15 is 0 Å². The standard InChI is InChI=1S/C23H30N4O2/c1-29-20-11-9-19(10-12-20)25-23-24-14-13-21(26-23)18-8-5-15-27(16-18)22(28)17-6-3-2-4-7-17/h9-14,17-18H,2-8,15-16H2,1H3,(H,24,25,26)/t18-/m0/s1. The number of aromatic nitrogens is 2. The summed E-state index contributed by atoms with van der Waals surface area (Å²) >= 11 is 0. The maximum atomic E-state index is 13.0. The molecule has 4 rings (SSSR count). The Hall–Kier alpha value is -2.63. The van der Waals surface area contributed by atoms with Crippen LogP contribution in [0.3, 0.4) is 0 Å². The lowest BCUT2D eigenvalue weighted by Crippen LogP contribution is -2.43. The number of amides is 1. The van der Waals surface area contributed by atoms with Gasteiger partial charge in [0.15, 0.2) is 0 Å². The SMILES string of the molecule is COc1ccc(Nc2nccc([C@H]3CCCN(C(=O)C4CCCCC4)C3)n2)cc1. The number of hydrogen-bond donors (Lipinski definition) is 1. The number of likely N-dealkylation sites (tertiary alicyclic amines) is 1. The number of rotatable bonds is 5. The molecule has 1 atom stereocenters. The van der Waals surface area contributed by atoms with Crippen molar-refractivity contribution in [3.05, 3.63) is 42.2 Å². The number of hydrogen-bond acceptors (Lipinski definition) is 5. The first-order valence-corrected chi connectivity index (χ1v) is 10.8. The highest BCUT2D eigenvalue weighted by Crippen LogP contribution is 2.30. The number of carbonyl (C=O) groups excluding carboxylic acids is 1. The molecule has 1 amide bonds. The third kappa shape index (κ3) is 4.86. The van der Waals surface area contributed by atoms with E-state index in [9.17, 15) is 4.79 Å². The maximum absolute atomic E-state index is 13.0. The van der Waals surface area contributed by atoms with Crippen LogP contribution in [0, 0.1) is 5.92 Å². The molecule has 0 unspecified atom stereocenters. The van der Waals surface area contributed by atoms with Gasteiger partial charge in [0.2, 0.25) is 11.9 Å². The number of carbonyl (C=O) groups is 1. The van der Waals surface area contributed by atoms with Gasteiger partial charge in [-0.15, -0.1) is 0 Å². The average Bonchev–Trinajstić information content (AvgIpc) is 2.80. The van der Waals surface area contributed by atoms with Crippen molar-refractivity contribution in [2.24, 2.45) is 5.92 Å². The second-order valence-electron chi connectivity index (χ2n) is 8.12. The monoisotopic (exact) mass is 394 g/mol. The number of anilines is 2. The summed E-state index contributed by atoms with van der Waals surface area (Å²) in [6.45, 7) is 1.65. The Morgan fingerprint density at radius 2 is 1.86 bits per heavy atom. The molecule has 6 heteroatoms. The molecule has 2 aliphatic rings. The fraction of sp³-hybridized carbons (Fsp3) is 0.522. The lowest BCUT2D eigenvalue weighted by molar-refractivity contribution is -0.137. The Labute approximate surface area is 172 Å². The van der Waals surface area contributed by atoms with Crippen LogP contribution in [-0.2, 0) is 4.79 Å². The average molecular weight is 395 g/mol. The van der Waals surface area contributed by atoms with Crippen LogP contribution < -0.4 is 10.1 Å². The van der Waals surface area contributed by atoms with Gasteiger partial charge in [-0.05, 0) is 56.0 Å². The highest BCUT2D eigenvalue weighted by molar-refractivity contribution is 5.79. The quantitative estimate of drug-likeness (QED) is 0.808. The first-order chi connectivity index (χ1) is 14.2. The van der Waals surface area contributed by atoms with Crippen LogP contribution in [0.15, 0.2) is 36.5 Å². The summed E-state index contributed by atoms with van der Waals surface area (Å²) in [4.78, 5) is 24.2. The molecule has 0 radical (unpaired) electrons. The molecule has 6 nitrogen and oxygen atoms in total. The molecule has 2 heterocycles. The second kappa shape index (κ2) is 9.25. The summed E-state index contributed by atoms with van der Waals surface area (Å²) in [5.74, 6) is 2.27. The van der Waals surface area contributed by atoms with E-state index in [2.05, 4.69) is 15.2 Å². The van der Waals surface area contributed by atoms with Crippen molar-refractivity contribution in [2.75, 3.05) is 25.5 Å². The molecule has 1 aromatic carbocycles. The number of piperidine rings is 1. The Morgan fingerprint density at radius 3 is 2.62 bits per heavy atom. The summed E-state index contributed by atoms with van der Waals surface area (Å²) < 4.78 is 5.20. The summed E-state index contributed by atoms with van der Waals surface area (Å²) in [6.07, 6.45) is 9.68. The molecular weight excluding hydrogens is 364 g/mol. The molecule has 0 spiro atoms. The molecule has 1 saturated carbocycles. The Kier molecular flexibility index (Phi) is 6.27. The third-order valence-corrected chi connectivity index (χ3v) is 6.13. The van der Waals surface area contributed by atoms with Crippen LogP contribution in [0.2, 0.25) is 0 Å². The predicted octanol–water partition coefficient (Wildman–Crippen LogP) is 4.52. The van der Waals surface area contributed by atoms with E-state index in [0.29, 0.717) is 11.9 Å². The number of nitrogens with one attached hydrogen (secondary N) is 1. The molecule has 1 aliphatic heterocycles. The minimum Gasteiger partial charge on any atom is -0.497 e. The molecule has 1 aliphatic carbocycles. The number of ether oxygens (including phenoxy) is 1. The van der Waals surface area contributed by atoms with E-state index in [-0.39, 0.29) is 11.8 Å². The Balaban J connectivity index is 1.42. The molecule has 2 aromatic rings. The summed E-state index contributed by atoms with van der Waals surface area (Å²) in [7, 11) is 1.65. The van der Waals surface area contributed by atoms with Gasteiger partial charge in [0.1, 0.15) is 5.75 Å². The molecule has 154 valence electrons. The normalized spacial score (nSPS) is 20.3. The number of nitrogens with zero attached hydrogens (tertiary/aromatic N) is 3. The van der Waals surface area contributed by atoms with Gasteiger partial charge in [0, 0.05) is 36.8 Å². The first kappa shape index (κ1) is 19.7. The Morgan fingerprint density at radius 1 is 1.07 bits per heavy atom. The van der Waals surface area contributed by atoms with Crippen molar-refractivity contribution >= 4 is 17.5 Å². The minimum absolute atomic E-state index is 0.236. The van der Waals surface area contributed by atoms with Crippen molar-refractivity contribution in [3.63, 3.8) is 0 Å². The van der Waals surface area contributed by atoms with Crippen molar-refractivity contribution in [2.45, 2.75) is 50.9 Å². The zero-order valence-electron chi connectivity index (χ0n) is 17.1. The minimum atomic E-state index is 0.236. The van der Waals surface area contributed by atoms with E-state index in [4.69, 9.17) is 9.72 Å². The number of methoxy groups -OCH3 is 1. The van der Waals surface area contributed by atoms with Gasteiger partial charge in [-0.3, -0.25) is 4.79 Å². The maximum Gasteiger partial charge on any atom is 0.227 e. The zero-order valence-corrected chi connectivity index (χ0v) is 17.1. The summed E-state index contributed by atoms with van der Waals surface area (Å²) in [6, 6.07) is 9.68. The molecule has 29 heavy (non-hydrogen) atoms. The molecule has 1 aromatic heterocycles. The highest BCUT2D eigenvalue weighted by atomic mass is 16.5. The third-order valence-electron chi connectivity index (χ3n) is 6.13. The Bertz CT molecular complexity index is 818. The second-order valence-corrected chi connectivity index (χ2v) is 8.12. The summed E-state index contributed by atoms with van der Waals surface area (Å²) in [5.41, 5.74) is 1.93. The van der Waals surface area contributed by atoms with Crippen LogP contribution in [0.4, 0.5) is 11.6 Å². The summed E-state index contributed by atoms with van der Waals surface area (Å²) in [5, 5.41) is 3.26.